The molecule has 1 atom stereocenters. The molecule has 2 aromatic heterocycles. The molecule has 1 aliphatic carbocycles. The highest BCUT2D eigenvalue weighted by molar-refractivity contribution is 7.86. The van der Waals surface area contributed by atoms with E-state index in [1.807, 2.05) is 32.9 Å². The fourth-order valence-corrected chi connectivity index (χ4v) is 6.02. The Morgan fingerprint density at radius 1 is 1.23 bits per heavy atom. The standard InChI is InChI=1S/C28H31ClN4O5S/c1-4-5-12-39(36,37)38-24-15-20(9-11-31-28(35)23-8-6-7-10-30-23)27(34)26(24)25-18(2)13-22(14-19(25)3)33-17-21(29)16-32-33/h6-8,10,13-14,16-17,20H,4-5,9,11-12,15H2,1-3H3,(H,31,35). The molecule has 4 rings (SSSR count). The average molecular weight is 571 g/mol. The van der Waals surface area contributed by atoms with E-state index in [0.29, 0.717) is 29.8 Å². The summed E-state index contributed by atoms with van der Waals surface area (Å²) in [5, 5.41) is 7.53. The Bertz CT molecular complexity index is 1490. The van der Waals surface area contributed by atoms with Gasteiger partial charge in [0.1, 0.15) is 11.5 Å². The van der Waals surface area contributed by atoms with E-state index in [0.717, 1.165) is 16.8 Å². The molecule has 0 saturated carbocycles. The number of amides is 1. The first kappa shape index (κ1) is 28.5. The van der Waals surface area contributed by atoms with Crippen molar-refractivity contribution in [3.8, 4) is 5.69 Å². The Balaban J connectivity index is 1.61. The molecule has 0 spiro atoms. The van der Waals surface area contributed by atoms with Gasteiger partial charge in [-0.2, -0.15) is 13.5 Å². The number of ketones is 1. The molecule has 0 fully saturated rings. The van der Waals surface area contributed by atoms with Gasteiger partial charge in [-0.15, -0.1) is 0 Å². The highest BCUT2D eigenvalue weighted by Gasteiger charge is 2.38. The maximum Gasteiger partial charge on any atom is 0.308 e. The van der Waals surface area contributed by atoms with Gasteiger partial charge in [0.05, 0.1) is 28.2 Å². The summed E-state index contributed by atoms with van der Waals surface area (Å²) in [5.74, 6) is -1.06. The summed E-state index contributed by atoms with van der Waals surface area (Å²) in [7, 11) is -3.88. The van der Waals surface area contributed by atoms with Crippen LogP contribution in [0.15, 0.2) is 54.7 Å². The van der Waals surface area contributed by atoms with Gasteiger partial charge in [0, 0.05) is 31.3 Å². The topological polar surface area (TPSA) is 120 Å². The molecule has 3 aromatic rings. The zero-order valence-electron chi connectivity index (χ0n) is 22.1. The summed E-state index contributed by atoms with van der Waals surface area (Å²) in [6, 6.07) is 8.79. The second kappa shape index (κ2) is 12.1. The summed E-state index contributed by atoms with van der Waals surface area (Å²) in [6.45, 7) is 5.85. The van der Waals surface area contributed by atoms with Crippen molar-refractivity contribution in [2.24, 2.45) is 5.92 Å². The first-order valence-corrected chi connectivity index (χ1v) is 14.8. The molecule has 2 heterocycles. The Labute approximate surface area is 233 Å². The molecule has 0 aliphatic heterocycles. The molecule has 206 valence electrons. The number of aryl methyl sites for hydroxylation is 2. The highest BCUT2D eigenvalue weighted by Crippen LogP contribution is 2.41. The minimum atomic E-state index is -3.88. The molecular formula is C28H31ClN4O5S. The van der Waals surface area contributed by atoms with E-state index in [4.69, 9.17) is 15.8 Å². The molecule has 0 bridgehead atoms. The molecule has 9 nitrogen and oxygen atoms in total. The van der Waals surface area contributed by atoms with Gasteiger partial charge in [-0.1, -0.05) is 31.0 Å². The lowest BCUT2D eigenvalue weighted by Crippen LogP contribution is -2.27. The number of rotatable bonds is 11. The molecule has 1 aliphatic rings. The number of hydrogen-bond donors (Lipinski definition) is 1. The number of aromatic nitrogens is 3. The smallest absolute Gasteiger partial charge is 0.308 e. The minimum Gasteiger partial charge on any atom is -0.386 e. The van der Waals surface area contributed by atoms with Crippen LogP contribution in [0, 0.1) is 19.8 Å². The second-order valence-electron chi connectivity index (χ2n) is 9.58. The number of nitrogens with zero attached hydrogens (tertiary/aromatic N) is 3. The molecule has 0 saturated heterocycles. The zero-order chi connectivity index (χ0) is 28.2. The van der Waals surface area contributed by atoms with Crippen molar-refractivity contribution < 1.29 is 22.2 Å². The molecule has 11 heteroatoms. The van der Waals surface area contributed by atoms with Crippen molar-refractivity contribution in [1.29, 1.82) is 0 Å². The predicted molar refractivity (Wildman–Crippen MR) is 149 cm³/mol. The Kier molecular flexibility index (Phi) is 8.87. The van der Waals surface area contributed by atoms with Crippen LogP contribution in [0.1, 0.15) is 59.8 Å². The summed E-state index contributed by atoms with van der Waals surface area (Å²) in [4.78, 5) is 30.2. The first-order valence-electron chi connectivity index (χ1n) is 12.8. The third-order valence-electron chi connectivity index (χ3n) is 6.56. The number of unbranched alkanes of at least 4 members (excludes halogenated alkanes) is 1. The lowest BCUT2D eigenvalue weighted by atomic mass is 9.91. The summed E-state index contributed by atoms with van der Waals surface area (Å²) in [6.07, 6.45) is 6.36. The first-order chi connectivity index (χ1) is 18.6. The van der Waals surface area contributed by atoms with Crippen LogP contribution in [-0.4, -0.2) is 47.2 Å². The van der Waals surface area contributed by atoms with Crippen LogP contribution in [0.2, 0.25) is 5.02 Å². The van der Waals surface area contributed by atoms with Crippen molar-refractivity contribution in [2.45, 2.75) is 46.5 Å². The number of benzene rings is 1. The van der Waals surface area contributed by atoms with Crippen LogP contribution in [-0.2, 0) is 19.1 Å². The van der Waals surface area contributed by atoms with Gasteiger partial charge in [0.25, 0.3) is 5.91 Å². The molecule has 0 radical (unpaired) electrons. The van der Waals surface area contributed by atoms with Crippen LogP contribution >= 0.6 is 11.6 Å². The van der Waals surface area contributed by atoms with Crippen molar-refractivity contribution in [3.05, 3.63) is 82.1 Å². The number of nitrogens with one attached hydrogen (secondary N) is 1. The van der Waals surface area contributed by atoms with Gasteiger partial charge in [0.2, 0.25) is 0 Å². The van der Waals surface area contributed by atoms with Gasteiger partial charge in [-0.25, -0.2) is 4.68 Å². The van der Waals surface area contributed by atoms with E-state index in [1.54, 1.807) is 29.1 Å². The fourth-order valence-electron chi connectivity index (χ4n) is 4.70. The van der Waals surface area contributed by atoms with Gasteiger partial charge >= 0.3 is 10.1 Å². The van der Waals surface area contributed by atoms with Gasteiger partial charge in [0.15, 0.2) is 5.78 Å². The Morgan fingerprint density at radius 3 is 2.59 bits per heavy atom. The SMILES string of the molecule is CCCCS(=O)(=O)OC1=C(c2c(C)cc(-n3cc(Cl)cn3)cc2C)C(=O)C(CCNC(=O)c2ccccn2)C1. The maximum atomic E-state index is 13.7. The summed E-state index contributed by atoms with van der Waals surface area (Å²) >= 11 is 6.03. The van der Waals surface area contributed by atoms with Crippen LogP contribution in [0.4, 0.5) is 0 Å². The number of Topliss-reactive ketones (excluding diaryl/α,β-unsaturated/α-hetero) is 1. The quantitative estimate of drug-likeness (QED) is 0.329. The normalized spacial score (nSPS) is 15.6. The lowest BCUT2D eigenvalue weighted by molar-refractivity contribution is -0.116. The number of halogens is 1. The van der Waals surface area contributed by atoms with E-state index >= 15 is 0 Å². The average Bonchev–Trinajstić information content (AvgIpc) is 3.46. The minimum absolute atomic E-state index is 0.129. The van der Waals surface area contributed by atoms with E-state index in [9.17, 15) is 18.0 Å². The fraction of sp³-hybridized carbons (Fsp3) is 0.357. The lowest BCUT2D eigenvalue weighted by Gasteiger charge is -2.16. The molecule has 1 aromatic carbocycles. The Hall–Kier alpha value is -3.50. The van der Waals surface area contributed by atoms with Gasteiger partial charge in [-0.3, -0.25) is 14.6 Å². The van der Waals surface area contributed by atoms with E-state index < -0.39 is 16.0 Å². The summed E-state index contributed by atoms with van der Waals surface area (Å²) < 4.78 is 32.7. The van der Waals surface area contributed by atoms with E-state index in [1.165, 1.54) is 12.4 Å². The van der Waals surface area contributed by atoms with Crippen molar-refractivity contribution in [2.75, 3.05) is 12.3 Å². The maximum absolute atomic E-state index is 13.7. The molecule has 39 heavy (non-hydrogen) atoms. The van der Waals surface area contributed by atoms with Gasteiger partial charge < -0.3 is 9.50 Å². The van der Waals surface area contributed by atoms with Crippen molar-refractivity contribution >= 4 is 39.0 Å². The molecule has 1 unspecified atom stereocenters. The van der Waals surface area contributed by atoms with Gasteiger partial charge in [-0.05, 0) is 67.6 Å². The zero-order valence-corrected chi connectivity index (χ0v) is 23.7. The monoisotopic (exact) mass is 570 g/mol. The van der Waals surface area contributed by atoms with Crippen molar-refractivity contribution in [1.82, 2.24) is 20.1 Å². The van der Waals surface area contributed by atoms with Crippen LogP contribution in [0.3, 0.4) is 0 Å². The molecule has 1 amide bonds. The largest absolute Gasteiger partial charge is 0.386 e. The van der Waals surface area contributed by atoms with Crippen LogP contribution in [0.25, 0.3) is 11.3 Å². The number of carbonyl (C=O) groups is 2. The third kappa shape index (κ3) is 6.75. The number of allylic oxidation sites excluding steroid dienone is 2. The number of hydrogen-bond acceptors (Lipinski definition) is 7. The van der Waals surface area contributed by atoms with Crippen LogP contribution in [0.5, 0.6) is 0 Å². The summed E-state index contributed by atoms with van der Waals surface area (Å²) in [5.41, 5.74) is 3.51. The van der Waals surface area contributed by atoms with E-state index in [2.05, 4.69) is 15.4 Å². The van der Waals surface area contributed by atoms with Crippen molar-refractivity contribution in [3.63, 3.8) is 0 Å². The predicted octanol–water partition coefficient (Wildman–Crippen LogP) is 4.80. The Morgan fingerprint density at radius 2 is 1.97 bits per heavy atom. The molecule has 1 N–H and O–H groups in total. The molecular weight excluding hydrogens is 540 g/mol. The second-order valence-corrected chi connectivity index (χ2v) is 11.7. The number of carbonyl (C=O) groups excluding carboxylic acids is 2. The third-order valence-corrected chi connectivity index (χ3v) is 8.00. The van der Waals surface area contributed by atoms with E-state index in [-0.39, 0.29) is 47.4 Å². The van der Waals surface area contributed by atoms with Crippen LogP contribution < -0.4 is 5.32 Å². The number of pyridine rings is 1. The highest BCUT2D eigenvalue weighted by atomic mass is 35.5.